The average molecular weight is 225 g/mol. The highest BCUT2D eigenvalue weighted by Crippen LogP contribution is 2.23. The van der Waals surface area contributed by atoms with E-state index >= 15 is 0 Å². The first-order valence-corrected chi connectivity index (χ1v) is 7.42. The SMILES string of the molecule is CC(C)CCCC(C)NCC1CCCCC1. The van der Waals surface area contributed by atoms with Crippen LogP contribution in [0.4, 0.5) is 0 Å². The van der Waals surface area contributed by atoms with E-state index in [2.05, 4.69) is 26.1 Å². The van der Waals surface area contributed by atoms with Gasteiger partial charge in [0.05, 0.1) is 0 Å². The summed E-state index contributed by atoms with van der Waals surface area (Å²) < 4.78 is 0. The minimum Gasteiger partial charge on any atom is -0.314 e. The lowest BCUT2D eigenvalue weighted by Crippen LogP contribution is -2.32. The van der Waals surface area contributed by atoms with E-state index in [9.17, 15) is 0 Å². The Kier molecular flexibility index (Phi) is 7.11. The van der Waals surface area contributed by atoms with Gasteiger partial charge in [0.2, 0.25) is 0 Å². The van der Waals surface area contributed by atoms with Gasteiger partial charge in [-0.05, 0) is 44.6 Å². The average Bonchev–Trinajstić information content (AvgIpc) is 2.27. The molecule has 0 bridgehead atoms. The van der Waals surface area contributed by atoms with Crippen molar-refractivity contribution in [3.8, 4) is 0 Å². The molecule has 1 nitrogen and oxygen atoms in total. The zero-order chi connectivity index (χ0) is 11.8. The first kappa shape index (κ1) is 14.0. The molecule has 0 aromatic carbocycles. The molecule has 0 amide bonds. The Morgan fingerprint density at radius 1 is 1.00 bits per heavy atom. The van der Waals surface area contributed by atoms with E-state index in [1.807, 2.05) is 0 Å². The third-order valence-electron chi connectivity index (χ3n) is 3.90. The second-order valence-corrected chi connectivity index (χ2v) is 6.14. The van der Waals surface area contributed by atoms with Crippen molar-refractivity contribution < 1.29 is 0 Å². The van der Waals surface area contributed by atoms with Crippen molar-refractivity contribution in [2.24, 2.45) is 11.8 Å². The molecule has 1 saturated carbocycles. The third-order valence-corrected chi connectivity index (χ3v) is 3.90. The molecule has 0 saturated heterocycles. The molecule has 1 atom stereocenters. The van der Waals surface area contributed by atoms with Crippen LogP contribution in [0.2, 0.25) is 0 Å². The largest absolute Gasteiger partial charge is 0.314 e. The van der Waals surface area contributed by atoms with Crippen molar-refractivity contribution in [1.82, 2.24) is 5.32 Å². The molecular formula is C15H31N. The second kappa shape index (κ2) is 8.11. The molecule has 0 spiro atoms. The number of rotatable bonds is 7. The summed E-state index contributed by atoms with van der Waals surface area (Å²) in [5.74, 6) is 1.84. The van der Waals surface area contributed by atoms with E-state index < -0.39 is 0 Å². The van der Waals surface area contributed by atoms with Crippen LogP contribution < -0.4 is 5.32 Å². The number of hydrogen-bond donors (Lipinski definition) is 1. The van der Waals surface area contributed by atoms with Crippen LogP contribution in [0.1, 0.15) is 72.1 Å². The molecule has 0 heterocycles. The van der Waals surface area contributed by atoms with Gasteiger partial charge in [-0.25, -0.2) is 0 Å². The van der Waals surface area contributed by atoms with Crippen molar-refractivity contribution >= 4 is 0 Å². The maximum absolute atomic E-state index is 3.73. The van der Waals surface area contributed by atoms with Crippen molar-refractivity contribution in [2.75, 3.05) is 6.54 Å². The monoisotopic (exact) mass is 225 g/mol. The highest BCUT2D eigenvalue weighted by atomic mass is 14.9. The molecule has 1 aliphatic carbocycles. The summed E-state index contributed by atoms with van der Waals surface area (Å²) in [4.78, 5) is 0. The van der Waals surface area contributed by atoms with E-state index in [1.54, 1.807) is 0 Å². The van der Waals surface area contributed by atoms with Crippen LogP contribution >= 0.6 is 0 Å². The minimum absolute atomic E-state index is 0.723. The lowest BCUT2D eigenvalue weighted by atomic mass is 9.89. The zero-order valence-electron chi connectivity index (χ0n) is 11.6. The molecule has 0 aliphatic heterocycles. The van der Waals surface area contributed by atoms with Crippen LogP contribution in [0, 0.1) is 11.8 Å². The van der Waals surface area contributed by atoms with Gasteiger partial charge in [0, 0.05) is 6.04 Å². The van der Waals surface area contributed by atoms with E-state index in [1.165, 1.54) is 57.9 Å². The van der Waals surface area contributed by atoms with E-state index in [0.717, 1.165) is 17.9 Å². The maximum atomic E-state index is 3.73. The highest BCUT2D eigenvalue weighted by molar-refractivity contribution is 4.70. The molecular weight excluding hydrogens is 194 g/mol. The molecule has 1 aliphatic rings. The molecule has 1 unspecified atom stereocenters. The first-order valence-electron chi connectivity index (χ1n) is 7.42. The molecule has 0 aromatic rings. The predicted molar refractivity (Wildman–Crippen MR) is 72.7 cm³/mol. The summed E-state index contributed by atoms with van der Waals surface area (Å²) >= 11 is 0. The van der Waals surface area contributed by atoms with Crippen molar-refractivity contribution in [1.29, 1.82) is 0 Å². The quantitative estimate of drug-likeness (QED) is 0.678. The first-order chi connectivity index (χ1) is 7.68. The van der Waals surface area contributed by atoms with Gasteiger partial charge in [0.15, 0.2) is 0 Å². The van der Waals surface area contributed by atoms with Crippen LogP contribution in [0.5, 0.6) is 0 Å². The van der Waals surface area contributed by atoms with Crippen molar-refractivity contribution in [3.63, 3.8) is 0 Å². The maximum Gasteiger partial charge on any atom is 0.00388 e. The lowest BCUT2D eigenvalue weighted by Gasteiger charge is -2.24. The van der Waals surface area contributed by atoms with Crippen LogP contribution in [0.3, 0.4) is 0 Å². The Hall–Kier alpha value is -0.0400. The number of nitrogens with one attached hydrogen (secondary N) is 1. The Bertz CT molecular complexity index is 159. The molecule has 1 fully saturated rings. The Morgan fingerprint density at radius 2 is 1.69 bits per heavy atom. The van der Waals surface area contributed by atoms with Gasteiger partial charge in [0.1, 0.15) is 0 Å². The smallest absolute Gasteiger partial charge is 0.00388 e. The van der Waals surface area contributed by atoms with Gasteiger partial charge in [-0.15, -0.1) is 0 Å². The van der Waals surface area contributed by atoms with Crippen LogP contribution in [0.15, 0.2) is 0 Å². The van der Waals surface area contributed by atoms with Gasteiger partial charge in [-0.2, -0.15) is 0 Å². The Labute approximate surface area is 102 Å². The topological polar surface area (TPSA) is 12.0 Å². The van der Waals surface area contributed by atoms with Crippen LogP contribution in [-0.4, -0.2) is 12.6 Å². The predicted octanol–water partition coefficient (Wildman–Crippen LogP) is 4.37. The molecule has 1 rings (SSSR count). The Balaban J connectivity index is 1.98. The molecule has 16 heavy (non-hydrogen) atoms. The third kappa shape index (κ3) is 6.52. The standard InChI is InChI=1S/C15H31N/c1-13(2)8-7-9-14(3)16-12-15-10-5-4-6-11-15/h13-16H,4-12H2,1-3H3. The van der Waals surface area contributed by atoms with Gasteiger partial charge >= 0.3 is 0 Å². The second-order valence-electron chi connectivity index (χ2n) is 6.14. The zero-order valence-corrected chi connectivity index (χ0v) is 11.6. The summed E-state index contributed by atoms with van der Waals surface area (Å²) in [6, 6.07) is 0.723. The van der Waals surface area contributed by atoms with Gasteiger partial charge in [-0.1, -0.05) is 46.0 Å². The fourth-order valence-electron chi connectivity index (χ4n) is 2.69. The molecule has 1 N–H and O–H groups in total. The summed E-state index contributed by atoms with van der Waals surface area (Å²) in [5.41, 5.74) is 0. The number of hydrogen-bond acceptors (Lipinski definition) is 1. The summed E-state index contributed by atoms with van der Waals surface area (Å²) in [7, 11) is 0. The summed E-state index contributed by atoms with van der Waals surface area (Å²) in [5, 5.41) is 3.73. The summed E-state index contributed by atoms with van der Waals surface area (Å²) in [6.07, 6.45) is 11.5. The van der Waals surface area contributed by atoms with Gasteiger partial charge in [-0.3, -0.25) is 0 Å². The highest BCUT2D eigenvalue weighted by Gasteiger charge is 2.13. The van der Waals surface area contributed by atoms with Crippen molar-refractivity contribution in [3.05, 3.63) is 0 Å². The lowest BCUT2D eigenvalue weighted by molar-refractivity contribution is 0.324. The molecule has 0 aromatic heterocycles. The fourth-order valence-corrected chi connectivity index (χ4v) is 2.69. The van der Waals surface area contributed by atoms with Crippen molar-refractivity contribution in [2.45, 2.75) is 78.2 Å². The molecule has 0 radical (unpaired) electrons. The normalized spacial score (nSPS) is 20.2. The molecule has 96 valence electrons. The van der Waals surface area contributed by atoms with Crippen LogP contribution in [0.25, 0.3) is 0 Å². The summed E-state index contributed by atoms with van der Waals surface area (Å²) in [6.45, 7) is 8.26. The van der Waals surface area contributed by atoms with Gasteiger partial charge in [0.25, 0.3) is 0 Å². The van der Waals surface area contributed by atoms with E-state index in [4.69, 9.17) is 0 Å². The van der Waals surface area contributed by atoms with E-state index in [-0.39, 0.29) is 0 Å². The van der Waals surface area contributed by atoms with E-state index in [0.29, 0.717) is 0 Å². The minimum atomic E-state index is 0.723. The fraction of sp³-hybridized carbons (Fsp3) is 1.00. The Morgan fingerprint density at radius 3 is 2.31 bits per heavy atom. The van der Waals surface area contributed by atoms with Gasteiger partial charge < -0.3 is 5.32 Å². The molecule has 1 heteroatoms. The van der Waals surface area contributed by atoms with Crippen LogP contribution in [-0.2, 0) is 0 Å².